The first-order valence-electron chi connectivity index (χ1n) is 5.09. The van der Waals surface area contributed by atoms with Crippen LogP contribution in [0.25, 0.3) is 6.08 Å². The summed E-state index contributed by atoms with van der Waals surface area (Å²) in [5.41, 5.74) is 6.42. The number of hydrogen-bond donors (Lipinski definition) is 2. The Balaban J connectivity index is 2.34. The van der Waals surface area contributed by atoms with Crippen LogP contribution in [0.2, 0.25) is 0 Å². The van der Waals surface area contributed by atoms with Gasteiger partial charge in [-0.05, 0) is 18.1 Å². The summed E-state index contributed by atoms with van der Waals surface area (Å²) in [7, 11) is 0. The fraction of sp³-hybridized carbons (Fsp3) is 0.250. The maximum atomic E-state index is 11.2. The lowest BCUT2D eigenvalue weighted by molar-refractivity contribution is -0.117. The van der Waals surface area contributed by atoms with E-state index >= 15 is 0 Å². The Morgan fingerprint density at radius 1 is 1.33 bits per heavy atom. The normalized spacial score (nSPS) is 10.5. The second-order valence-corrected chi connectivity index (χ2v) is 3.16. The topological polar surface area (TPSA) is 41.1 Å². The number of hydrogen-bond acceptors (Lipinski definition) is 2. The summed E-state index contributed by atoms with van der Waals surface area (Å²) >= 11 is 0. The molecule has 1 amide bonds. The molecule has 0 aliphatic rings. The molecular weight excluding hydrogens is 188 g/mol. The molecule has 3 nitrogen and oxygen atoms in total. The summed E-state index contributed by atoms with van der Waals surface area (Å²) in [5, 5.41) is 0. The van der Waals surface area contributed by atoms with Crippen molar-refractivity contribution < 1.29 is 4.79 Å². The van der Waals surface area contributed by atoms with Crippen LogP contribution in [0.4, 0.5) is 0 Å². The number of nitrogens with one attached hydrogen (secondary N) is 2. The van der Waals surface area contributed by atoms with Gasteiger partial charge in [0.2, 0.25) is 0 Å². The van der Waals surface area contributed by atoms with Crippen molar-refractivity contribution in [1.29, 1.82) is 0 Å². The Morgan fingerprint density at radius 2 is 2.07 bits per heavy atom. The van der Waals surface area contributed by atoms with Gasteiger partial charge in [0.05, 0.1) is 0 Å². The van der Waals surface area contributed by atoms with E-state index in [0.717, 1.165) is 18.5 Å². The van der Waals surface area contributed by atoms with Gasteiger partial charge in [-0.15, -0.1) is 0 Å². The fourth-order valence-electron chi connectivity index (χ4n) is 1.05. The van der Waals surface area contributed by atoms with E-state index in [1.54, 1.807) is 6.08 Å². The van der Waals surface area contributed by atoms with E-state index in [-0.39, 0.29) is 5.91 Å². The summed E-state index contributed by atoms with van der Waals surface area (Å²) in [6.07, 6.45) is 4.28. The molecule has 0 radical (unpaired) electrons. The number of hydrazine groups is 1. The van der Waals surface area contributed by atoms with Gasteiger partial charge in [-0.2, -0.15) is 0 Å². The molecule has 0 fully saturated rings. The molecule has 1 aromatic rings. The molecule has 2 N–H and O–H groups in total. The van der Waals surface area contributed by atoms with Crippen molar-refractivity contribution >= 4 is 12.0 Å². The molecule has 0 unspecified atom stereocenters. The first-order valence-corrected chi connectivity index (χ1v) is 5.09. The van der Waals surface area contributed by atoms with Crippen molar-refractivity contribution in [1.82, 2.24) is 10.9 Å². The van der Waals surface area contributed by atoms with E-state index in [2.05, 4.69) is 10.9 Å². The first kappa shape index (κ1) is 11.5. The number of rotatable bonds is 5. The summed E-state index contributed by atoms with van der Waals surface area (Å²) in [4.78, 5) is 11.2. The Morgan fingerprint density at radius 3 is 2.73 bits per heavy atom. The van der Waals surface area contributed by atoms with Crippen LogP contribution in [0.1, 0.15) is 18.9 Å². The third-order valence-corrected chi connectivity index (χ3v) is 1.81. The Labute approximate surface area is 90.2 Å². The maximum absolute atomic E-state index is 11.2. The van der Waals surface area contributed by atoms with Crippen LogP contribution in [-0.4, -0.2) is 12.5 Å². The Bertz CT molecular complexity index is 320. The SMILES string of the molecule is CCCNNC(=O)/C=C/c1ccccc1. The zero-order valence-corrected chi connectivity index (χ0v) is 8.86. The molecule has 0 atom stereocenters. The summed E-state index contributed by atoms with van der Waals surface area (Å²) in [6, 6.07) is 9.71. The second kappa shape index (κ2) is 6.79. The summed E-state index contributed by atoms with van der Waals surface area (Å²) in [6.45, 7) is 2.82. The summed E-state index contributed by atoms with van der Waals surface area (Å²) in [5.74, 6) is -0.132. The zero-order valence-electron chi connectivity index (χ0n) is 8.86. The van der Waals surface area contributed by atoms with Crippen LogP contribution in [0.5, 0.6) is 0 Å². The number of carbonyl (C=O) groups excluding carboxylic acids is 1. The van der Waals surface area contributed by atoms with Gasteiger partial charge in [0.25, 0.3) is 5.91 Å². The molecule has 0 saturated carbocycles. The highest BCUT2D eigenvalue weighted by atomic mass is 16.2. The van der Waals surface area contributed by atoms with E-state index in [9.17, 15) is 4.79 Å². The lowest BCUT2D eigenvalue weighted by atomic mass is 10.2. The van der Waals surface area contributed by atoms with Crippen LogP contribution in [0.15, 0.2) is 36.4 Å². The molecule has 0 saturated heterocycles. The molecule has 0 bridgehead atoms. The molecular formula is C12H16N2O. The van der Waals surface area contributed by atoms with Gasteiger partial charge in [-0.25, -0.2) is 5.43 Å². The zero-order chi connectivity index (χ0) is 10.9. The van der Waals surface area contributed by atoms with E-state index in [0.29, 0.717) is 0 Å². The van der Waals surface area contributed by atoms with Gasteiger partial charge < -0.3 is 0 Å². The third-order valence-electron chi connectivity index (χ3n) is 1.81. The van der Waals surface area contributed by atoms with Crippen molar-refractivity contribution in [2.45, 2.75) is 13.3 Å². The highest BCUT2D eigenvalue weighted by Gasteiger charge is 1.92. The van der Waals surface area contributed by atoms with E-state index in [4.69, 9.17) is 0 Å². The first-order chi connectivity index (χ1) is 7.33. The second-order valence-electron chi connectivity index (χ2n) is 3.16. The van der Waals surface area contributed by atoms with Gasteiger partial charge in [0.1, 0.15) is 0 Å². The smallest absolute Gasteiger partial charge is 0.258 e. The maximum Gasteiger partial charge on any atom is 0.258 e. The Kier molecular flexibility index (Phi) is 5.19. The van der Waals surface area contributed by atoms with E-state index in [1.165, 1.54) is 6.08 Å². The fourth-order valence-corrected chi connectivity index (χ4v) is 1.05. The van der Waals surface area contributed by atoms with Gasteiger partial charge in [-0.1, -0.05) is 37.3 Å². The summed E-state index contributed by atoms with van der Waals surface area (Å²) < 4.78 is 0. The predicted molar refractivity (Wildman–Crippen MR) is 61.9 cm³/mol. The highest BCUT2D eigenvalue weighted by molar-refractivity contribution is 5.91. The molecule has 0 heterocycles. The molecule has 1 aromatic carbocycles. The molecule has 3 heteroatoms. The van der Waals surface area contributed by atoms with Crippen molar-refractivity contribution in [3.63, 3.8) is 0 Å². The van der Waals surface area contributed by atoms with Crippen molar-refractivity contribution in [2.24, 2.45) is 0 Å². The van der Waals surface area contributed by atoms with Crippen LogP contribution >= 0.6 is 0 Å². The van der Waals surface area contributed by atoms with Crippen LogP contribution in [-0.2, 0) is 4.79 Å². The molecule has 0 aliphatic heterocycles. The Hall–Kier alpha value is -1.61. The standard InChI is InChI=1S/C12H16N2O/c1-2-10-13-14-12(15)9-8-11-6-4-3-5-7-11/h3-9,13H,2,10H2,1H3,(H,14,15)/b9-8+. The van der Waals surface area contributed by atoms with Crippen LogP contribution < -0.4 is 10.9 Å². The number of carbonyl (C=O) groups is 1. The number of amides is 1. The molecule has 0 aromatic heterocycles. The van der Waals surface area contributed by atoms with E-state index in [1.807, 2.05) is 37.3 Å². The number of benzene rings is 1. The van der Waals surface area contributed by atoms with Gasteiger partial charge in [0, 0.05) is 12.6 Å². The lowest BCUT2D eigenvalue weighted by Gasteiger charge is -2.01. The molecule has 0 spiro atoms. The van der Waals surface area contributed by atoms with Gasteiger partial charge in [0.15, 0.2) is 0 Å². The quantitative estimate of drug-likeness (QED) is 0.435. The molecule has 80 valence electrons. The minimum atomic E-state index is -0.132. The monoisotopic (exact) mass is 204 g/mol. The lowest BCUT2D eigenvalue weighted by Crippen LogP contribution is -2.36. The predicted octanol–water partition coefficient (Wildman–Crippen LogP) is 1.73. The van der Waals surface area contributed by atoms with Gasteiger partial charge >= 0.3 is 0 Å². The average Bonchev–Trinajstić information content (AvgIpc) is 2.28. The van der Waals surface area contributed by atoms with Crippen LogP contribution in [0, 0.1) is 0 Å². The minimum absolute atomic E-state index is 0.132. The van der Waals surface area contributed by atoms with Crippen molar-refractivity contribution in [3.8, 4) is 0 Å². The third kappa shape index (κ3) is 4.98. The van der Waals surface area contributed by atoms with E-state index < -0.39 is 0 Å². The highest BCUT2D eigenvalue weighted by Crippen LogP contribution is 1.99. The van der Waals surface area contributed by atoms with Crippen molar-refractivity contribution in [3.05, 3.63) is 42.0 Å². The molecule has 1 rings (SSSR count). The molecule has 15 heavy (non-hydrogen) atoms. The largest absolute Gasteiger partial charge is 0.288 e. The van der Waals surface area contributed by atoms with Crippen molar-refractivity contribution in [2.75, 3.05) is 6.54 Å². The molecule has 0 aliphatic carbocycles. The average molecular weight is 204 g/mol. The minimum Gasteiger partial charge on any atom is -0.288 e. The van der Waals surface area contributed by atoms with Gasteiger partial charge in [-0.3, -0.25) is 10.2 Å². The van der Waals surface area contributed by atoms with Crippen LogP contribution in [0.3, 0.4) is 0 Å².